The smallest absolute Gasteiger partial charge is 0.335 e. The van der Waals surface area contributed by atoms with Gasteiger partial charge in [0.2, 0.25) is 0 Å². The zero-order chi connectivity index (χ0) is 14.3. The molecule has 0 aliphatic carbocycles. The molecule has 0 atom stereocenters. The lowest BCUT2D eigenvalue weighted by Crippen LogP contribution is -2.03. The molecule has 4 nitrogen and oxygen atoms in total. The van der Waals surface area contributed by atoms with Crippen molar-refractivity contribution in [3.05, 3.63) is 23.3 Å². The highest BCUT2D eigenvalue weighted by Crippen LogP contribution is 2.33. The molecule has 1 rings (SSSR count). The van der Waals surface area contributed by atoms with Gasteiger partial charge in [-0.15, -0.1) is 0 Å². The third kappa shape index (κ3) is 4.16. The molecule has 0 heterocycles. The van der Waals surface area contributed by atoms with Crippen molar-refractivity contribution in [2.45, 2.75) is 39.0 Å². The minimum absolute atomic E-state index is 0.239. The summed E-state index contributed by atoms with van der Waals surface area (Å²) in [6, 6.07) is 3.17. The molecule has 0 aliphatic rings. The van der Waals surface area contributed by atoms with Gasteiger partial charge in [-0.05, 0) is 30.5 Å². The van der Waals surface area contributed by atoms with Crippen LogP contribution >= 0.6 is 0 Å². The summed E-state index contributed by atoms with van der Waals surface area (Å²) < 4.78 is 10.5. The van der Waals surface area contributed by atoms with Crippen LogP contribution in [0.2, 0.25) is 0 Å². The average molecular weight is 266 g/mol. The largest absolute Gasteiger partial charge is 0.493 e. The average Bonchev–Trinajstić information content (AvgIpc) is 2.42. The highest BCUT2D eigenvalue weighted by atomic mass is 16.5. The van der Waals surface area contributed by atoms with Crippen molar-refractivity contribution >= 4 is 5.97 Å². The third-order valence-electron chi connectivity index (χ3n) is 3.10. The van der Waals surface area contributed by atoms with E-state index in [0.717, 1.165) is 24.8 Å². The Kier molecular flexibility index (Phi) is 6.19. The van der Waals surface area contributed by atoms with E-state index in [-0.39, 0.29) is 5.56 Å². The topological polar surface area (TPSA) is 55.8 Å². The Labute approximate surface area is 114 Å². The van der Waals surface area contributed by atoms with Crippen molar-refractivity contribution in [3.63, 3.8) is 0 Å². The van der Waals surface area contributed by atoms with E-state index in [4.69, 9.17) is 14.6 Å². The van der Waals surface area contributed by atoms with Crippen LogP contribution in [0.4, 0.5) is 0 Å². The van der Waals surface area contributed by atoms with Crippen LogP contribution in [0.25, 0.3) is 0 Å². The number of carboxylic acids is 1. The van der Waals surface area contributed by atoms with Gasteiger partial charge in [0.1, 0.15) is 0 Å². The zero-order valence-corrected chi connectivity index (χ0v) is 11.9. The highest BCUT2D eigenvalue weighted by Gasteiger charge is 2.15. The molecule has 19 heavy (non-hydrogen) atoms. The molecule has 1 aromatic carbocycles. The van der Waals surface area contributed by atoms with Crippen molar-refractivity contribution in [1.82, 2.24) is 0 Å². The maximum absolute atomic E-state index is 11.1. The van der Waals surface area contributed by atoms with Crippen molar-refractivity contribution in [2.75, 3.05) is 14.2 Å². The van der Waals surface area contributed by atoms with Gasteiger partial charge >= 0.3 is 5.97 Å². The molecule has 0 aromatic heterocycles. The Hall–Kier alpha value is -1.71. The predicted molar refractivity (Wildman–Crippen MR) is 74.4 cm³/mol. The molecule has 1 N–H and O–H groups in total. The Morgan fingerprint density at radius 1 is 1.16 bits per heavy atom. The van der Waals surface area contributed by atoms with E-state index in [9.17, 15) is 4.79 Å². The summed E-state index contributed by atoms with van der Waals surface area (Å²) in [7, 11) is 3.10. The molecule has 0 aliphatic heterocycles. The fraction of sp³-hybridized carbons (Fsp3) is 0.533. The van der Waals surface area contributed by atoms with Gasteiger partial charge in [0, 0.05) is 0 Å². The van der Waals surface area contributed by atoms with E-state index < -0.39 is 5.97 Å². The summed E-state index contributed by atoms with van der Waals surface area (Å²) in [5.41, 5.74) is 1.14. The van der Waals surface area contributed by atoms with Crippen molar-refractivity contribution in [2.24, 2.45) is 0 Å². The molecule has 1 aromatic rings. The molecule has 0 fully saturated rings. The molecular weight excluding hydrogens is 244 g/mol. The van der Waals surface area contributed by atoms with Crippen LogP contribution in [0.1, 0.15) is 48.5 Å². The van der Waals surface area contributed by atoms with Gasteiger partial charge in [-0.3, -0.25) is 0 Å². The molecule has 0 amide bonds. The number of hydrogen-bond donors (Lipinski definition) is 1. The van der Waals surface area contributed by atoms with Crippen molar-refractivity contribution in [1.29, 1.82) is 0 Å². The van der Waals surface area contributed by atoms with Crippen LogP contribution in [0.3, 0.4) is 0 Å². The zero-order valence-electron chi connectivity index (χ0n) is 11.9. The van der Waals surface area contributed by atoms with E-state index in [2.05, 4.69) is 6.92 Å². The first kappa shape index (κ1) is 15.3. The van der Waals surface area contributed by atoms with Gasteiger partial charge in [-0.25, -0.2) is 4.79 Å². The predicted octanol–water partition coefficient (Wildman–Crippen LogP) is 3.52. The lowest BCUT2D eigenvalue weighted by atomic mass is 10.0. The molecular formula is C15H22O4. The Balaban J connectivity index is 2.97. The fourth-order valence-electron chi connectivity index (χ4n) is 2.09. The second kappa shape index (κ2) is 7.67. The minimum atomic E-state index is -0.948. The van der Waals surface area contributed by atoms with Gasteiger partial charge in [-0.1, -0.05) is 26.2 Å². The number of ether oxygens (including phenoxy) is 2. The number of aryl methyl sites for hydroxylation is 1. The first-order chi connectivity index (χ1) is 9.13. The normalized spacial score (nSPS) is 10.3. The fourth-order valence-corrected chi connectivity index (χ4v) is 2.09. The molecule has 0 radical (unpaired) electrons. The number of methoxy groups -OCH3 is 2. The summed E-state index contributed by atoms with van der Waals surface area (Å²) in [6.07, 6.45) is 5.34. The van der Waals surface area contributed by atoms with Crippen molar-refractivity contribution < 1.29 is 19.4 Å². The van der Waals surface area contributed by atoms with Crippen LogP contribution in [0.15, 0.2) is 12.1 Å². The SMILES string of the molecule is CCCCCCc1cc(C(=O)O)cc(OC)c1OC. The molecule has 0 spiro atoms. The van der Waals surface area contributed by atoms with Crippen LogP contribution in [-0.2, 0) is 6.42 Å². The number of rotatable bonds is 8. The molecule has 0 saturated heterocycles. The standard InChI is InChI=1S/C15H22O4/c1-4-5-6-7-8-11-9-12(15(16)17)10-13(18-2)14(11)19-3/h9-10H,4-8H2,1-3H3,(H,16,17). The second-order valence-corrected chi connectivity index (χ2v) is 4.49. The number of carbonyl (C=O) groups is 1. The molecule has 0 saturated carbocycles. The number of benzene rings is 1. The second-order valence-electron chi connectivity index (χ2n) is 4.49. The van der Waals surface area contributed by atoms with Crippen LogP contribution in [0.5, 0.6) is 11.5 Å². The summed E-state index contributed by atoms with van der Waals surface area (Å²) in [5, 5.41) is 9.11. The van der Waals surface area contributed by atoms with E-state index in [1.807, 2.05) is 0 Å². The number of carboxylic acid groups (broad SMARTS) is 1. The minimum Gasteiger partial charge on any atom is -0.493 e. The lowest BCUT2D eigenvalue weighted by molar-refractivity contribution is 0.0696. The highest BCUT2D eigenvalue weighted by molar-refractivity contribution is 5.89. The van der Waals surface area contributed by atoms with Crippen LogP contribution < -0.4 is 9.47 Å². The van der Waals surface area contributed by atoms with E-state index >= 15 is 0 Å². The summed E-state index contributed by atoms with van der Waals surface area (Å²) in [5.74, 6) is 0.174. The molecule has 106 valence electrons. The van der Waals surface area contributed by atoms with Gasteiger partial charge in [0.15, 0.2) is 11.5 Å². The Morgan fingerprint density at radius 3 is 2.42 bits per heavy atom. The summed E-state index contributed by atoms with van der Waals surface area (Å²) >= 11 is 0. The Bertz CT molecular complexity index is 426. The quantitative estimate of drug-likeness (QED) is 0.731. The van der Waals surface area contributed by atoms with E-state index in [0.29, 0.717) is 11.5 Å². The van der Waals surface area contributed by atoms with Gasteiger partial charge in [-0.2, -0.15) is 0 Å². The number of aromatic carboxylic acids is 1. The summed E-state index contributed by atoms with van der Waals surface area (Å²) in [4.78, 5) is 11.1. The van der Waals surface area contributed by atoms with Gasteiger partial charge in [0.25, 0.3) is 0 Å². The lowest BCUT2D eigenvalue weighted by Gasteiger charge is -2.14. The first-order valence-electron chi connectivity index (χ1n) is 6.62. The third-order valence-corrected chi connectivity index (χ3v) is 3.10. The van der Waals surface area contributed by atoms with E-state index in [1.54, 1.807) is 13.2 Å². The van der Waals surface area contributed by atoms with Gasteiger partial charge in [0.05, 0.1) is 19.8 Å². The maximum atomic E-state index is 11.1. The van der Waals surface area contributed by atoms with E-state index in [1.165, 1.54) is 26.0 Å². The molecule has 0 unspecified atom stereocenters. The van der Waals surface area contributed by atoms with Crippen LogP contribution in [-0.4, -0.2) is 25.3 Å². The molecule has 0 bridgehead atoms. The number of unbranched alkanes of at least 4 members (excludes halogenated alkanes) is 3. The maximum Gasteiger partial charge on any atom is 0.335 e. The van der Waals surface area contributed by atoms with Gasteiger partial charge < -0.3 is 14.6 Å². The summed E-state index contributed by atoms with van der Waals surface area (Å²) in [6.45, 7) is 2.16. The molecule has 4 heteroatoms. The first-order valence-corrected chi connectivity index (χ1v) is 6.62. The van der Waals surface area contributed by atoms with Crippen molar-refractivity contribution in [3.8, 4) is 11.5 Å². The monoisotopic (exact) mass is 266 g/mol. The van der Waals surface area contributed by atoms with Crippen LogP contribution in [0, 0.1) is 0 Å². The Morgan fingerprint density at radius 2 is 1.89 bits per heavy atom. The number of hydrogen-bond acceptors (Lipinski definition) is 3.